The summed E-state index contributed by atoms with van der Waals surface area (Å²) in [7, 11) is 0. The molecule has 27 heavy (non-hydrogen) atoms. The highest BCUT2D eigenvalue weighted by molar-refractivity contribution is 7.80. The molecule has 2 amide bonds. The van der Waals surface area contributed by atoms with Crippen molar-refractivity contribution in [3.63, 3.8) is 0 Å². The highest BCUT2D eigenvalue weighted by Crippen LogP contribution is 2.38. The Kier molecular flexibility index (Phi) is 4.51. The fourth-order valence-electron chi connectivity index (χ4n) is 2.68. The molecule has 0 radical (unpaired) electrons. The highest BCUT2D eigenvalue weighted by Gasteiger charge is 2.34. The second kappa shape index (κ2) is 6.84. The van der Waals surface area contributed by atoms with Crippen LogP contribution in [-0.4, -0.2) is 23.7 Å². The molecule has 0 atom stereocenters. The molecule has 1 saturated heterocycles. The van der Waals surface area contributed by atoms with E-state index >= 15 is 0 Å². The van der Waals surface area contributed by atoms with E-state index in [0.717, 1.165) is 0 Å². The van der Waals surface area contributed by atoms with Gasteiger partial charge in [-0.2, -0.15) is 0 Å². The number of benzene rings is 2. The molecule has 2 aliphatic rings. The largest absolute Gasteiger partial charge is 0.454 e. The Balaban J connectivity index is 1.75. The first kappa shape index (κ1) is 17.8. The quantitative estimate of drug-likeness (QED) is 0.457. The third-order valence-corrected chi connectivity index (χ3v) is 4.84. The molecule has 136 valence electrons. The van der Waals surface area contributed by atoms with Gasteiger partial charge in [0.15, 0.2) is 16.6 Å². The lowest BCUT2D eigenvalue weighted by Crippen LogP contribution is -2.54. The number of thiocarbonyl (C=S) groups is 1. The van der Waals surface area contributed by atoms with Gasteiger partial charge >= 0.3 is 0 Å². The Bertz CT molecular complexity index is 1020. The third kappa shape index (κ3) is 3.25. The van der Waals surface area contributed by atoms with Crippen LogP contribution >= 0.6 is 35.4 Å². The molecule has 9 heteroatoms. The number of amides is 2. The zero-order chi connectivity index (χ0) is 19.1. The number of carbonyl (C=O) groups excluding carboxylic acids is 2. The minimum atomic E-state index is -0.607. The van der Waals surface area contributed by atoms with E-state index < -0.39 is 11.8 Å². The Morgan fingerprint density at radius 2 is 1.74 bits per heavy atom. The maximum absolute atomic E-state index is 13.0. The van der Waals surface area contributed by atoms with E-state index in [0.29, 0.717) is 32.8 Å². The lowest BCUT2D eigenvalue weighted by molar-refractivity contribution is -0.122. The zero-order valence-electron chi connectivity index (χ0n) is 13.5. The summed E-state index contributed by atoms with van der Waals surface area (Å²) in [6.45, 7) is 0.0870. The van der Waals surface area contributed by atoms with E-state index in [9.17, 15) is 9.59 Å². The van der Waals surface area contributed by atoms with E-state index in [2.05, 4.69) is 5.32 Å². The van der Waals surface area contributed by atoms with Gasteiger partial charge in [0.2, 0.25) is 6.79 Å². The van der Waals surface area contributed by atoms with E-state index in [4.69, 9.17) is 44.9 Å². The number of fused-ring (bicyclic) bond motifs is 1. The van der Waals surface area contributed by atoms with E-state index in [1.807, 2.05) is 0 Å². The fourth-order valence-corrected chi connectivity index (χ4v) is 3.30. The van der Waals surface area contributed by atoms with Crippen LogP contribution in [0.1, 0.15) is 5.56 Å². The van der Waals surface area contributed by atoms with Crippen molar-refractivity contribution in [3.05, 3.63) is 57.6 Å². The van der Waals surface area contributed by atoms with Gasteiger partial charge in [-0.1, -0.05) is 23.2 Å². The average Bonchev–Trinajstić information content (AvgIpc) is 3.07. The van der Waals surface area contributed by atoms with Crippen molar-refractivity contribution < 1.29 is 19.1 Å². The molecule has 0 bridgehead atoms. The number of rotatable bonds is 2. The van der Waals surface area contributed by atoms with Crippen LogP contribution in [0.5, 0.6) is 11.5 Å². The number of ether oxygens (including phenoxy) is 2. The van der Waals surface area contributed by atoms with Crippen molar-refractivity contribution in [2.45, 2.75) is 0 Å². The van der Waals surface area contributed by atoms with Crippen LogP contribution in [0.3, 0.4) is 0 Å². The minimum Gasteiger partial charge on any atom is -0.454 e. The molecule has 1 fully saturated rings. The predicted molar refractivity (Wildman–Crippen MR) is 105 cm³/mol. The summed E-state index contributed by atoms with van der Waals surface area (Å²) >= 11 is 17.3. The number of hydrogen-bond acceptors (Lipinski definition) is 5. The first-order valence-corrected chi connectivity index (χ1v) is 8.86. The molecule has 2 aliphatic heterocycles. The summed E-state index contributed by atoms with van der Waals surface area (Å²) in [4.78, 5) is 26.5. The van der Waals surface area contributed by atoms with Gasteiger partial charge < -0.3 is 9.47 Å². The summed E-state index contributed by atoms with van der Waals surface area (Å²) in [5.74, 6) is -0.186. The first-order chi connectivity index (χ1) is 12.9. The molecule has 0 spiro atoms. The van der Waals surface area contributed by atoms with Crippen molar-refractivity contribution >= 4 is 64.1 Å². The lowest BCUT2D eigenvalue weighted by Gasteiger charge is -2.29. The SMILES string of the molecule is O=C1NC(=S)N(c2ccc(Cl)cc2)C(=O)C1=Cc1cc2c(cc1Cl)OCO2. The van der Waals surface area contributed by atoms with Crippen molar-refractivity contribution in [2.24, 2.45) is 0 Å². The number of hydrogen-bond donors (Lipinski definition) is 1. The molecule has 0 aromatic heterocycles. The Hall–Kier alpha value is -2.61. The van der Waals surface area contributed by atoms with Gasteiger partial charge in [0, 0.05) is 11.1 Å². The second-order valence-electron chi connectivity index (χ2n) is 5.66. The van der Waals surface area contributed by atoms with Crippen LogP contribution in [0.15, 0.2) is 42.0 Å². The third-order valence-electron chi connectivity index (χ3n) is 3.98. The van der Waals surface area contributed by atoms with Crippen LogP contribution in [-0.2, 0) is 9.59 Å². The van der Waals surface area contributed by atoms with Gasteiger partial charge in [0.25, 0.3) is 11.8 Å². The van der Waals surface area contributed by atoms with Crippen molar-refractivity contribution in [3.8, 4) is 11.5 Å². The molecular weight excluding hydrogens is 411 g/mol. The van der Waals surface area contributed by atoms with Crippen LogP contribution in [0.4, 0.5) is 5.69 Å². The van der Waals surface area contributed by atoms with Gasteiger partial charge in [0.05, 0.1) is 10.7 Å². The van der Waals surface area contributed by atoms with E-state index in [1.165, 1.54) is 11.0 Å². The zero-order valence-corrected chi connectivity index (χ0v) is 15.8. The predicted octanol–water partition coefficient (Wildman–Crippen LogP) is 3.55. The van der Waals surface area contributed by atoms with Gasteiger partial charge in [-0.15, -0.1) is 0 Å². The summed E-state index contributed by atoms with van der Waals surface area (Å²) in [5, 5.41) is 3.33. The summed E-state index contributed by atoms with van der Waals surface area (Å²) < 4.78 is 10.6. The monoisotopic (exact) mass is 420 g/mol. The maximum Gasteiger partial charge on any atom is 0.270 e. The minimum absolute atomic E-state index is 0.0127. The number of nitrogens with one attached hydrogen (secondary N) is 1. The number of halogens is 2. The van der Waals surface area contributed by atoms with Crippen molar-refractivity contribution in [1.82, 2.24) is 5.32 Å². The highest BCUT2D eigenvalue weighted by atomic mass is 35.5. The molecule has 4 rings (SSSR count). The molecule has 6 nitrogen and oxygen atoms in total. The summed E-state index contributed by atoms with van der Waals surface area (Å²) in [6.07, 6.45) is 1.40. The number of anilines is 1. The molecule has 0 aliphatic carbocycles. The maximum atomic E-state index is 13.0. The van der Waals surface area contributed by atoms with Gasteiger partial charge in [-0.25, -0.2) is 0 Å². The van der Waals surface area contributed by atoms with Crippen LogP contribution in [0.25, 0.3) is 6.08 Å². The average molecular weight is 421 g/mol. The fraction of sp³-hybridized carbons (Fsp3) is 0.0556. The second-order valence-corrected chi connectivity index (χ2v) is 6.89. The normalized spacial score (nSPS) is 17.5. The molecule has 2 aromatic rings. The first-order valence-electron chi connectivity index (χ1n) is 7.70. The number of carbonyl (C=O) groups is 2. The van der Waals surface area contributed by atoms with Crippen LogP contribution in [0, 0.1) is 0 Å². The smallest absolute Gasteiger partial charge is 0.270 e. The molecule has 0 saturated carbocycles. The molecule has 0 unspecified atom stereocenters. The standard InChI is InChI=1S/C18H10Cl2N2O4S/c19-10-1-3-11(4-2-10)22-17(24)12(16(23)21-18(22)27)5-9-6-14-15(7-13(9)20)26-8-25-14/h1-7H,8H2,(H,21,23,27). The van der Waals surface area contributed by atoms with Crippen LogP contribution in [0.2, 0.25) is 10.0 Å². The van der Waals surface area contributed by atoms with Gasteiger partial charge in [-0.3, -0.25) is 19.8 Å². The molecule has 2 aromatic carbocycles. The number of nitrogens with zero attached hydrogens (tertiary/aromatic N) is 1. The Morgan fingerprint density at radius 1 is 1.07 bits per heavy atom. The summed E-state index contributed by atoms with van der Waals surface area (Å²) in [6, 6.07) is 9.70. The van der Waals surface area contributed by atoms with Crippen molar-refractivity contribution in [1.29, 1.82) is 0 Å². The Morgan fingerprint density at radius 3 is 2.44 bits per heavy atom. The topological polar surface area (TPSA) is 67.9 Å². The van der Waals surface area contributed by atoms with Crippen molar-refractivity contribution in [2.75, 3.05) is 11.7 Å². The van der Waals surface area contributed by atoms with Gasteiger partial charge in [0.1, 0.15) is 5.57 Å². The molecular formula is C18H10Cl2N2O4S. The van der Waals surface area contributed by atoms with E-state index in [-0.39, 0.29) is 17.5 Å². The molecule has 2 heterocycles. The van der Waals surface area contributed by atoms with Crippen LogP contribution < -0.4 is 19.7 Å². The lowest BCUT2D eigenvalue weighted by atomic mass is 10.1. The summed E-state index contributed by atoms with van der Waals surface area (Å²) in [5.41, 5.74) is 0.819. The molecule has 1 N–H and O–H groups in total. The van der Waals surface area contributed by atoms with E-state index in [1.54, 1.807) is 36.4 Å². The Labute approximate surface area is 169 Å². The van der Waals surface area contributed by atoms with Gasteiger partial charge in [-0.05, 0) is 54.2 Å².